The van der Waals surface area contributed by atoms with Gasteiger partial charge in [0.05, 0.1) is 12.2 Å². The van der Waals surface area contributed by atoms with Crippen molar-refractivity contribution in [2.24, 2.45) is 10.2 Å². The van der Waals surface area contributed by atoms with Gasteiger partial charge in [-0.25, -0.2) is 0 Å². The van der Waals surface area contributed by atoms with E-state index in [1.54, 1.807) is 0 Å². The zero-order valence-electron chi connectivity index (χ0n) is 15.3. The molecule has 0 radical (unpaired) electrons. The van der Waals surface area contributed by atoms with Gasteiger partial charge in [-0.05, 0) is 62.0 Å². The molecule has 0 aliphatic rings. The lowest BCUT2D eigenvalue weighted by molar-refractivity contribution is 0.967. The van der Waals surface area contributed by atoms with Crippen molar-refractivity contribution in [3.05, 3.63) is 90.0 Å². The fraction of sp³-hybridized carbons (Fsp3) is 0.120. The Hall–Kier alpha value is -3.26. The zero-order valence-corrected chi connectivity index (χ0v) is 15.3. The largest absolute Gasteiger partial charge is 0.184 e. The minimum Gasteiger partial charge on any atom is -0.184 e. The fourth-order valence-electron chi connectivity index (χ4n) is 3.93. The van der Waals surface area contributed by atoms with Crippen LogP contribution in [0.1, 0.15) is 18.1 Å². The summed E-state index contributed by atoms with van der Waals surface area (Å²) >= 11 is 0. The third kappa shape index (κ3) is 2.74. The van der Waals surface area contributed by atoms with Gasteiger partial charge in [0.2, 0.25) is 0 Å². The summed E-state index contributed by atoms with van der Waals surface area (Å²) < 4.78 is 0. The Morgan fingerprint density at radius 2 is 1.33 bits per heavy atom. The number of hydrogen-bond acceptors (Lipinski definition) is 2. The van der Waals surface area contributed by atoms with Gasteiger partial charge in [-0.15, -0.1) is 0 Å². The van der Waals surface area contributed by atoms with Crippen LogP contribution in [0.5, 0.6) is 0 Å². The summed E-state index contributed by atoms with van der Waals surface area (Å²) in [5.41, 5.74) is 3.44. The average molecular weight is 348 g/mol. The first-order chi connectivity index (χ1) is 13.3. The standard InChI is InChI=1S/C25H20N2/c1-2-17-6-13-22(14-7-17)27-26-16-21-11-10-20-9-8-18-4-3-5-19-12-15-23(21)25(20)24(18)19/h3-15H,2,16H2,1H3. The summed E-state index contributed by atoms with van der Waals surface area (Å²) in [7, 11) is 0. The van der Waals surface area contributed by atoms with Crippen LogP contribution in [0.3, 0.4) is 0 Å². The highest BCUT2D eigenvalue weighted by Gasteiger charge is 2.10. The van der Waals surface area contributed by atoms with Gasteiger partial charge in [0.25, 0.3) is 0 Å². The molecule has 5 rings (SSSR count). The summed E-state index contributed by atoms with van der Waals surface area (Å²) in [6.45, 7) is 2.74. The first-order valence-electron chi connectivity index (χ1n) is 9.45. The van der Waals surface area contributed by atoms with Crippen molar-refractivity contribution < 1.29 is 0 Å². The maximum Gasteiger partial charge on any atom is 0.0859 e. The van der Waals surface area contributed by atoms with Gasteiger partial charge in [-0.3, -0.25) is 0 Å². The number of hydrogen-bond donors (Lipinski definition) is 0. The zero-order chi connectivity index (χ0) is 18.2. The molecule has 0 amide bonds. The van der Waals surface area contributed by atoms with Gasteiger partial charge in [0.1, 0.15) is 0 Å². The highest BCUT2D eigenvalue weighted by atomic mass is 15.1. The molecule has 2 nitrogen and oxygen atoms in total. The molecular weight excluding hydrogens is 328 g/mol. The molecule has 0 unspecified atom stereocenters. The van der Waals surface area contributed by atoms with Crippen molar-refractivity contribution in [3.8, 4) is 0 Å². The molecule has 27 heavy (non-hydrogen) atoms. The molecule has 0 saturated carbocycles. The molecule has 0 aliphatic heterocycles. The molecule has 2 heteroatoms. The highest BCUT2D eigenvalue weighted by Crippen LogP contribution is 2.36. The van der Waals surface area contributed by atoms with Crippen LogP contribution in [0, 0.1) is 0 Å². The number of benzene rings is 5. The molecule has 0 atom stereocenters. The summed E-state index contributed by atoms with van der Waals surface area (Å²) in [5, 5.41) is 16.7. The molecule has 0 heterocycles. The molecule has 0 saturated heterocycles. The predicted molar refractivity (Wildman–Crippen MR) is 114 cm³/mol. The molecule has 0 bridgehead atoms. The lowest BCUT2D eigenvalue weighted by Gasteiger charge is -2.12. The average Bonchev–Trinajstić information content (AvgIpc) is 2.73. The number of azo groups is 1. The SMILES string of the molecule is CCc1ccc(N=NCc2ccc3ccc4cccc5ccc2c3c45)cc1. The van der Waals surface area contributed by atoms with Crippen LogP contribution < -0.4 is 0 Å². The van der Waals surface area contributed by atoms with E-state index in [1.807, 2.05) is 12.1 Å². The lowest BCUT2D eigenvalue weighted by atomic mass is 9.92. The second-order valence-corrected chi connectivity index (χ2v) is 7.00. The Kier molecular flexibility index (Phi) is 3.83. The smallest absolute Gasteiger partial charge is 0.0859 e. The van der Waals surface area contributed by atoms with E-state index in [1.165, 1.54) is 43.4 Å². The van der Waals surface area contributed by atoms with Crippen LogP contribution in [-0.4, -0.2) is 0 Å². The molecular formula is C25H20N2. The molecule has 130 valence electrons. The van der Waals surface area contributed by atoms with E-state index in [4.69, 9.17) is 0 Å². The Balaban J connectivity index is 1.55. The molecule has 0 N–H and O–H groups in total. The van der Waals surface area contributed by atoms with Crippen LogP contribution in [0.2, 0.25) is 0 Å². The van der Waals surface area contributed by atoms with E-state index in [-0.39, 0.29) is 0 Å². The van der Waals surface area contributed by atoms with Crippen molar-refractivity contribution in [2.45, 2.75) is 19.9 Å². The second kappa shape index (κ2) is 6.48. The molecule has 5 aromatic rings. The Morgan fingerprint density at radius 1 is 0.667 bits per heavy atom. The Labute approximate surface area is 158 Å². The lowest BCUT2D eigenvalue weighted by Crippen LogP contribution is -1.88. The Bertz CT molecular complexity index is 1250. The van der Waals surface area contributed by atoms with Gasteiger partial charge in [-0.2, -0.15) is 10.2 Å². The van der Waals surface area contributed by atoms with Crippen molar-refractivity contribution >= 4 is 38.0 Å². The quantitative estimate of drug-likeness (QED) is 0.238. The Morgan fingerprint density at radius 3 is 2.07 bits per heavy atom. The third-order valence-corrected chi connectivity index (χ3v) is 5.39. The van der Waals surface area contributed by atoms with Crippen LogP contribution in [0.15, 0.2) is 89.1 Å². The van der Waals surface area contributed by atoms with Crippen molar-refractivity contribution in [1.82, 2.24) is 0 Å². The van der Waals surface area contributed by atoms with Gasteiger partial charge in [0.15, 0.2) is 0 Å². The maximum absolute atomic E-state index is 4.47. The van der Waals surface area contributed by atoms with E-state index in [0.717, 1.165) is 12.1 Å². The van der Waals surface area contributed by atoms with Gasteiger partial charge >= 0.3 is 0 Å². The van der Waals surface area contributed by atoms with Crippen molar-refractivity contribution in [3.63, 3.8) is 0 Å². The molecule has 0 fully saturated rings. The summed E-state index contributed by atoms with van der Waals surface area (Å²) in [4.78, 5) is 0. The van der Waals surface area contributed by atoms with E-state index >= 15 is 0 Å². The fourth-order valence-corrected chi connectivity index (χ4v) is 3.93. The first-order valence-corrected chi connectivity index (χ1v) is 9.45. The molecule has 0 aromatic heterocycles. The monoisotopic (exact) mass is 348 g/mol. The second-order valence-electron chi connectivity index (χ2n) is 7.00. The van der Waals surface area contributed by atoms with E-state index in [9.17, 15) is 0 Å². The summed E-state index contributed by atoms with van der Waals surface area (Å²) in [5.74, 6) is 0. The van der Waals surface area contributed by atoms with E-state index < -0.39 is 0 Å². The van der Waals surface area contributed by atoms with Crippen LogP contribution in [-0.2, 0) is 13.0 Å². The topological polar surface area (TPSA) is 24.7 Å². The van der Waals surface area contributed by atoms with Gasteiger partial charge in [-0.1, -0.05) is 73.7 Å². The number of rotatable bonds is 4. The summed E-state index contributed by atoms with van der Waals surface area (Å²) in [6.07, 6.45) is 1.04. The van der Waals surface area contributed by atoms with Crippen molar-refractivity contribution in [2.75, 3.05) is 0 Å². The van der Waals surface area contributed by atoms with Crippen molar-refractivity contribution in [1.29, 1.82) is 0 Å². The molecule has 5 aromatic carbocycles. The predicted octanol–water partition coefficient (Wildman–Crippen LogP) is 7.43. The van der Waals surface area contributed by atoms with Gasteiger partial charge in [0, 0.05) is 0 Å². The van der Waals surface area contributed by atoms with Crippen LogP contribution >= 0.6 is 0 Å². The summed E-state index contributed by atoms with van der Waals surface area (Å²) in [6, 6.07) is 28.1. The highest BCUT2D eigenvalue weighted by molar-refractivity contribution is 6.23. The number of nitrogens with zero attached hydrogens (tertiary/aromatic N) is 2. The normalized spacial score (nSPS) is 12.0. The van der Waals surface area contributed by atoms with Crippen LogP contribution in [0.4, 0.5) is 5.69 Å². The minimum absolute atomic E-state index is 0.587. The molecule has 0 spiro atoms. The number of aryl methyl sites for hydroxylation is 1. The van der Waals surface area contributed by atoms with E-state index in [2.05, 4.69) is 83.9 Å². The van der Waals surface area contributed by atoms with Gasteiger partial charge < -0.3 is 0 Å². The first kappa shape index (κ1) is 16.0. The third-order valence-electron chi connectivity index (χ3n) is 5.39. The van der Waals surface area contributed by atoms with Crippen LogP contribution in [0.25, 0.3) is 32.3 Å². The molecule has 0 aliphatic carbocycles. The van der Waals surface area contributed by atoms with E-state index in [0.29, 0.717) is 6.54 Å². The minimum atomic E-state index is 0.587. The maximum atomic E-state index is 4.47.